The van der Waals surface area contributed by atoms with Crippen LogP contribution in [-0.4, -0.2) is 24.5 Å². The molecule has 2 rings (SSSR count). The van der Waals surface area contributed by atoms with Gasteiger partial charge in [-0.25, -0.2) is 0 Å². The van der Waals surface area contributed by atoms with E-state index >= 15 is 0 Å². The van der Waals surface area contributed by atoms with Crippen molar-refractivity contribution in [3.8, 4) is 0 Å². The number of hydrogen-bond acceptors (Lipinski definition) is 1. The summed E-state index contributed by atoms with van der Waals surface area (Å²) in [6, 6.07) is 0.933. The SMILES string of the molecule is C[C-]1CCCN(C)C2CC12.[Lr]. The van der Waals surface area contributed by atoms with Gasteiger partial charge in [-0.05, 0) is 19.6 Å². The van der Waals surface area contributed by atoms with Crippen LogP contribution in [-0.2, 0) is 0 Å². The van der Waals surface area contributed by atoms with Gasteiger partial charge in [-0.1, -0.05) is 12.8 Å². The van der Waals surface area contributed by atoms with Crippen molar-refractivity contribution >= 4 is 0 Å². The van der Waals surface area contributed by atoms with Crippen LogP contribution >= 0.6 is 0 Å². The van der Waals surface area contributed by atoms with Gasteiger partial charge in [-0.2, -0.15) is 13.3 Å². The van der Waals surface area contributed by atoms with E-state index in [1.54, 1.807) is 5.92 Å². The quantitative estimate of drug-likeness (QED) is 0.560. The van der Waals surface area contributed by atoms with Crippen LogP contribution in [0.4, 0.5) is 0 Å². The van der Waals surface area contributed by atoms with E-state index in [0.29, 0.717) is 0 Å². The molecule has 1 saturated heterocycles. The van der Waals surface area contributed by atoms with E-state index in [4.69, 9.17) is 0 Å². The zero-order valence-corrected chi connectivity index (χ0v) is 9.34. The van der Waals surface area contributed by atoms with Crippen molar-refractivity contribution in [1.29, 1.82) is 0 Å². The summed E-state index contributed by atoms with van der Waals surface area (Å²) in [4.78, 5) is 2.53. The minimum absolute atomic E-state index is 0. The van der Waals surface area contributed by atoms with Gasteiger partial charge in [0.15, 0.2) is 0 Å². The Bertz CT molecular complexity index is 124. The first-order chi connectivity index (χ1) is 4.79. The Balaban J connectivity index is 0.000000605. The predicted octanol–water partition coefficient (Wildman–Crippen LogP) is 1.69. The summed E-state index contributed by atoms with van der Waals surface area (Å²) >= 11 is 0. The monoisotopic (exact) mass is 400 g/mol. The molecule has 0 aromatic heterocycles. The first-order valence-corrected chi connectivity index (χ1v) is 4.31. The van der Waals surface area contributed by atoms with Gasteiger partial charge >= 0.3 is 0 Å². The fourth-order valence-corrected chi connectivity index (χ4v) is 2.16. The maximum absolute atomic E-state index is 2.53. The van der Waals surface area contributed by atoms with Gasteiger partial charge in [0.1, 0.15) is 0 Å². The molecule has 0 aromatic rings. The molecule has 1 aliphatic heterocycles. The van der Waals surface area contributed by atoms with Gasteiger partial charge < -0.3 is 10.8 Å². The Kier molecular flexibility index (Phi) is 1.86. The van der Waals surface area contributed by atoms with Gasteiger partial charge in [0.25, 0.3) is 0 Å². The van der Waals surface area contributed by atoms with Gasteiger partial charge in [-0.15, -0.1) is 5.92 Å². The normalized spacial score (nSPS) is 38.7. The third-order valence-corrected chi connectivity index (χ3v) is 3.04. The fourth-order valence-electron chi connectivity index (χ4n) is 2.16. The predicted molar refractivity (Wildman–Crippen MR) is 42.7 cm³/mol. The van der Waals surface area contributed by atoms with Gasteiger partial charge in [0, 0.05) is 0 Å². The third kappa shape index (κ3) is 1.21. The summed E-state index contributed by atoms with van der Waals surface area (Å²) in [5, 5.41) is 0. The van der Waals surface area contributed by atoms with Gasteiger partial charge in [0.05, 0.1) is 0 Å². The van der Waals surface area contributed by atoms with Crippen LogP contribution in [0.3, 0.4) is 0 Å². The number of hydrogen-bond donors (Lipinski definition) is 0. The molecule has 1 heterocycles. The molecule has 1 aliphatic carbocycles. The molecule has 0 aromatic carbocycles. The minimum atomic E-state index is 0. The summed E-state index contributed by atoms with van der Waals surface area (Å²) in [7, 11) is 2.27. The maximum Gasteiger partial charge on any atom is 0 e. The molecule has 2 fully saturated rings. The Hall–Kier alpha value is -1.04. The Morgan fingerprint density at radius 1 is 1.45 bits per heavy atom. The van der Waals surface area contributed by atoms with Crippen molar-refractivity contribution in [1.82, 2.24) is 4.90 Å². The second kappa shape index (κ2) is 2.54. The Morgan fingerprint density at radius 3 is 2.91 bits per heavy atom. The molecule has 0 N–H and O–H groups in total. The summed E-state index contributed by atoms with van der Waals surface area (Å²) < 4.78 is 0. The summed E-state index contributed by atoms with van der Waals surface area (Å²) in [5.74, 6) is 2.74. The molecule has 2 aliphatic rings. The zero-order valence-electron chi connectivity index (χ0n) is 7.19. The van der Waals surface area contributed by atoms with E-state index in [0.717, 1.165) is 12.0 Å². The van der Waals surface area contributed by atoms with Crippen molar-refractivity contribution in [3.05, 3.63) is 5.92 Å². The van der Waals surface area contributed by atoms with Gasteiger partial charge in [-0.3, -0.25) is 0 Å². The van der Waals surface area contributed by atoms with Crippen molar-refractivity contribution in [2.24, 2.45) is 5.92 Å². The molecule has 73 valence electrons. The van der Waals surface area contributed by atoms with Crippen LogP contribution in [0.15, 0.2) is 0 Å². The van der Waals surface area contributed by atoms with E-state index in [1.165, 1.54) is 25.8 Å². The molecule has 1 saturated carbocycles. The van der Waals surface area contributed by atoms with Crippen LogP contribution < -0.4 is 0 Å². The Morgan fingerprint density at radius 2 is 2.18 bits per heavy atom. The van der Waals surface area contributed by atoms with Crippen molar-refractivity contribution in [2.45, 2.75) is 32.2 Å². The second-order valence-electron chi connectivity index (χ2n) is 3.84. The van der Waals surface area contributed by atoms with Crippen LogP contribution in [0.25, 0.3) is 0 Å². The fraction of sp³-hybridized carbons (Fsp3) is 0.889. The first-order valence-electron chi connectivity index (χ1n) is 4.31. The molecule has 0 spiro atoms. The second-order valence-corrected chi connectivity index (χ2v) is 3.84. The number of rotatable bonds is 0. The van der Waals surface area contributed by atoms with Crippen LogP contribution in [0.5, 0.6) is 0 Å². The van der Waals surface area contributed by atoms with Gasteiger partial charge in [0.2, 0.25) is 0 Å². The van der Waals surface area contributed by atoms with E-state index < -0.39 is 0 Å². The van der Waals surface area contributed by atoms with E-state index in [-0.39, 0.29) is 0 Å². The molecule has 2 heteroatoms. The zero-order chi connectivity index (χ0) is 7.14. The number of nitrogens with zero attached hydrogens (tertiary/aromatic N) is 1. The third-order valence-electron chi connectivity index (χ3n) is 3.04. The first kappa shape index (κ1) is 8.06. The average molecular weight is 400 g/mol. The summed E-state index contributed by atoms with van der Waals surface area (Å²) in [5.41, 5.74) is 0. The molecule has 2 unspecified atom stereocenters. The molecule has 1 radical (unpaired) electrons. The minimum Gasteiger partial charge on any atom is -0.312 e. The van der Waals surface area contributed by atoms with E-state index in [9.17, 15) is 0 Å². The standard InChI is InChI=1S/C9H16N.Lr/c1-7-4-3-5-10(2)9-6-8(7)9;/h8-9H,3-6H2,1-2H3;/q-1;. The molecule has 0 amide bonds. The molecular formula is C9H16LrN-. The molecule has 2 atom stereocenters. The molecular weight excluding hydrogens is 384 g/mol. The molecule has 11 heavy (non-hydrogen) atoms. The van der Waals surface area contributed by atoms with Crippen molar-refractivity contribution < 1.29 is 0 Å². The number of likely N-dealkylation sites (tertiary alicyclic amines) is 1. The smallest absolute Gasteiger partial charge is 0 e. The largest absolute Gasteiger partial charge is 0.312 e. The topological polar surface area (TPSA) is 3.24 Å². The molecule has 1 nitrogen and oxygen atoms in total. The van der Waals surface area contributed by atoms with Crippen LogP contribution in [0, 0.1) is 11.8 Å². The van der Waals surface area contributed by atoms with Crippen molar-refractivity contribution in [3.63, 3.8) is 0 Å². The van der Waals surface area contributed by atoms with Crippen molar-refractivity contribution in [2.75, 3.05) is 13.6 Å². The summed E-state index contributed by atoms with van der Waals surface area (Å²) in [6.07, 6.45) is 4.21. The summed E-state index contributed by atoms with van der Waals surface area (Å²) in [6.45, 7) is 3.66. The maximum atomic E-state index is 2.53. The van der Waals surface area contributed by atoms with Crippen LogP contribution in [0.1, 0.15) is 26.2 Å². The van der Waals surface area contributed by atoms with E-state index in [2.05, 4.69) is 18.9 Å². The Labute approximate surface area is 63.4 Å². The number of fused-ring (bicyclic) bond motifs is 1. The average Bonchev–Trinajstić information content (AvgIpc) is 2.63. The van der Waals surface area contributed by atoms with E-state index in [1.807, 2.05) is 0 Å². The molecule has 0 bridgehead atoms. The van der Waals surface area contributed by atoms with Crippen LogP contribution in [0.2, 0.25) is 0 Å².